The highest BCUT2D eigenvalue weighted by molar-refractivity contribution is 7.22. The third kappa shape index (κ3) is 4.67. The van der Waals surface area contributed by atoms with Gasteiger partial charge in [-0.3, -0.25) is 9.59 Å². The molecule has 2 aromatic carbocycles. The Balaban J connectivity index is 1.69. The van der Waals surface area contributed by atoms with Crippen LogP contribution in [0.1, 0.15) is 31.1 Å². The van der Waals surface area contributed by atoms with Crippen LogP contribution >= 0.6 is 11.3 Å². The first-order valence-electron chi connectivity index (χ1n) is 9.18. The van der Waals surface area contributed by atoms with Gasteiger partial charge in [-0.25, -0.2) is 4.98 Å². The van der Waals surface area contributed by atoms with Gasteiger partial charge in [-0.15, -0.1) is 0 Å². The van der Waals surface area contributed by atoms with E-state index in [1.807, 2.05) is 45.0 Å². The van der Waals surface area contributed by atoms with Gasteiger partial charge in [0.05, 0.1) is 16.8 Å². The molecule has 0 aliphatic rings. The van der Waals surface area contributed by atoms with Crippen LogP contribution in [0, 0.1) is 5.92 Å². The van der Waals surface area contributed by atoms with Crippen molar-refractivity contribution in [3.8, 4) is 5.75 Å². The summed E-state index contributed by atoms with van der Waals surface area (Å²) in [6.07, 6.45) is 0. The van der Waals surface area contributed by atoms with Crippen LogP contribution < -0.4 is 15.4 Å². The quantitative estimate of drug-likeness (QED) is 0.629. The fourth-order valence-electron chi connectivity index (χ4n) is 2.74. The lowest BCUT2D eigenvalue weighted by atomic mass is 10.0. The number of benzene rings is 2. The maximum atomic E-state index is 12.8. The van der Waals surface area contributed by atoms with Gasteiger partial charge in [0.25, 0.3) is 5.91 Å². The van der Waals surface area contributed by atoms with Crippen molar-refractivity contribution in [2.45, 2.75) is 26.8 Å². The second-order valence-corrected chi connectivity index (χ2v) is 7.66. The third-order valence-electron chi connectivity index (χ3n) is 4.19. The van der Waals surface area contributed by atoms with Gasteiger partial charge < -0.3 is 15.4 Å². The smallest absolute Gasteiger partial charge is 0.251 e. The van der Waals surface area contributed by atoms with Crippen LogP contribution in [0.15, 0.2) is 48.5 Å². The predicted octanol–water partition coefficient (Wildman–Crippen LogP) is 4.09. The zero-order valence-electron chi connectivity index (χ0n) is 16.1. The number of aromatic nitrogens is 1. The van der Waals surface area contributed by atoms with E-state index in [4.69, 9.17) is 4.74 Å². The van der Waals surface area contributed by atoms with Crippen molar-refractivity contribution in [2.24, 2.45) is 5.92 Å². The average Bonchev–Trinajstić information content (AvgIpc) is 3.08. The topological polar surface area (TPSA) is 80.3 Å². The Labute approximate surface area is 167 Å². The second kappa shape index (κ2) is 8.84. The number of hydrogen-bond donors (Lipinski definition) is 2. The summed E-state index contributed by atoms with van der Waals surface area (Å²) in [6, 6.07) is 13.9. The largest absolute Gasteiger partial charge is 0.494 e. The van der Waals surface area contributed by atoms with Crippen molar-refractivity contribution in [1.82, 2.24) is 10.3 Å². The molecule has 2 amide bonds. The van der Waals surface area contributed by atoms with Gasteiger partial charge in [0.2, 0.25) is 5.91 Å². The molecule has 0 unspecified atom stereocenters. The molecule has 28 heavy (non-hydrogen) atoms. The lowest BCUT2D eigenvalue weighted by Gasteiger charge is -2.21. The number of thiazole rings is 1. The number of amides is 2. The van der Waals surface area contributed by atoms with E-state index in [-0.39, 0.29) is 17.7 Å². The Bertz CT molecular complexity index is 933. The molecule has 1 atom stereocenters. The number of hydrogen-bond acceptors (Lipinski definition) is 5. The first kappa shape index (κ1) is 19.8. The molecular formula is C21H23N3O3S. The lowest BCUT2D eigenvalue weighted by Crippen LogP contribution is -2.47. The highest BCUT2D eigenvalue weighted by atomic mass is 32.1. The van der Waals surface area contributed by atoms with Gasteiger partial charge in [-0.1, -0.05) is 37.3 Å². The number of rotatable bonds is 7. The Hall–Kier alpha value is -2.93. The fraction of sp³-hybridized carbons (Fsp3) is 0.286. The Morgan fingerprint density at radius 1 is 1.11 bits per heavy atom. The molecule has 0 spiro atoms. The maximum Gasteiger partial charge on any atom is 0.251 e. The summed E-state index contributed by atoms with van der Waals surface area (Å²) in [5.74, 6) is 0.0311. The second-order valence-electron chi connectivity index (χ2n) is 6.63. The number of carbonyl (C=O) groups excluding carboxylic acids is 2. The van der Waals surface area contributed by atoms with E-state index >= 15 is 0 Å². The van der Waals surface area contributed by atoms with Gasteiger partial charge in [-0.05, 0) is 49.2 Å². The number of nitrogens with zero attached hydrogens (tertiary/aromatic N) is 1. The van der Waals surface area contributed by atoms with Gasteiger partial charge in [0.15, 0.2) is 5.13 Å². The van der Waals surface area contributed by atoms with E-state index in [1.54, 1.807) is 24.3 Å². The molecule has 0 fully saturated rings. The molecule has 3 aromatic rings. The fourth-order valence-corrected chi connectivity index (χ4v) is 3.61. The number of fused-ring (bicyclic) bond motifs is 1. The maximum absolute atomic E-state index is 12.8. The Kier molecular flexibility index (Phi) is 6.26. The number of nitrogens with one attached hydrogen (secondary N) is 2. The molecule has 0 radical (unpaired) electrons. The molecule has 0 saturated heterocycles. The van der Waals surface area contributed by atoms with Gasteiger partial charge in [0, 0.05) is 5.56 Å². The number of para-hydroxylation sites is 1. The Morgan fingerprint density at radius 2 is 1.82 bits per heavy atom. The molecule has 1 aromatic heterocycles. The molecule has 0 bridgehead atoms. The molecular weight excluding hydrogens is 374 g/mol. The number of anilines is 1. The van der Waals surface area contributed by atoms with Crippen LogP contribution in [0.2, 0.25) is 0 Å². The van der Waals surface area contributed by atoms with Crippen molar-refractivity contribution >= 4 is 38.5 Å². The number of ether oxygens (including phenoxy) is 1. The molecule has 0 aliphatic carbocycles. The Morgan fingerprint density at radius 3 is 2.46 bits per heavy atom. The molecule has 1 heterocycles. The van der Waals surface area contributed by atoms with E-state index in [1.165, 1.54) is 11.3 Å². The van der Waals surface area contributed by atoms with E-state index in [0.717, 1.165) is 10.2 Å². The van der Waals surface area contributed by atoms with Crippen LogP contribution in [-0.2, 0) is 4.79 Å². The first-order valence-corrected chi connectivity index (χ1v) is 9.99. The van der Waals surface area contributed by atoms with Gasteiger partial charge in [0.1, 0.15) is 11.8 Å². The minimum Gasteiger partial charge on any atom is -0.494 e. The molecule has 7 heteroatoms. The molecule has 6 nitrogen and oxygen atoms in total. The molecule has 0 saturated carbocycles. The van der Waals surface area contributed by atoms with Crippen molar-refractivity contribution in [3.05, 3.63) is 54.1 Å². The van der Waals surface area contributed by atoms with E-state index in [9.17, 15) is 9.59 Å². The van der Waals surface area contributed by atoms with Crippen molar-refractivity contribution in [2.75, 3.05) is 11.9 Å². The number of carbonyl (C=O) groups is 2. The zero-order valence-corrected chi connectivity index (χ0v) is 16.9. The SMILES string of the molecule is CCOc1ccc(C(=O)N[C@H](C(=O)Nc2nc3ccccc3s2)C(C)C)cc1. The minimum atomic E-state index is -0.675. The van der Waals surface area contributed by atoms with Crippen LogP contribution in [-0.4, -0.2) is 29.4 Å². The van der Waals surface area contributed by atoms with Crippen LogP contribution in [0.3, 0.4) is 0 Å². The van der Waals surface area contributed by atoms with Crippen molar-refractivity contribution in [1.29, 1.82) is 0 Å². The molecule has 146 valence electrons. The van der Waals surface area contributed by atoms with Gasteiger partial charge >= 0.3 is 0 Å². The van der Waals surface area contributed by atoms with Gasteiger partial charge in [-0.2, -0.15) is 0 Å². The average molecular weight is 398 g/mol. The normalized spacial score (nSPS) is 12.0. The van der Waals surface area contributed by atoms with E-state index in [2.05, 4.69) is 15.6 Å². The van der Waals surface area contributed by atoms with E-state index < -0.39 is 6.04 Å². The summed E-state index contributed by atoms with van der Waals surface area (Å²) >= 11 is 1.41. The van der Waals surface area contributed by atoms with Crippen molar-refractivity contribution < 1.29 is 14.3 Å². The summed E-state index contributed by atoms with van der Waals surface area (Å²) < 4.78 is 6.39. The van der Waals surface area contributed by atoms with Crippen LogP contribution in [0.25, 0.3) is 10.2 Å². The van der Waals surface area contributed by atoms with Crippen molar-refractivity contribution in [3.63, 3.8) is 0 Å². The summed E-state index contributed by atoms with van der Waals surface area (Å²) in [5.41, 5.74) is 1.31. The summed E-state index contributed by atoms with van der Waals surface area (Å²) in [6.45, 7) is 6.24. The lowest BCUT2D eigenvalue weighted by molar-refractivity contribution is -0.118. The standard InChI is InChI=1S/C21H23N3O3S/c1-4-27-15-11-9-14(10-12-15)19(25)23-18(13(2)3)20(26)24-21-22-16-7-5-6-8-17(16)28-21/h5-13,18H,4H2,1-3H3,(H,23,25)(H,22,24,26)/t18-/m0/s1. The highest BCUT2D eigenvalue weighted by Crippen LogP contribution is 2.25. The van der Waals surface area contributed by atoms with Crippen LogP contribution in [0.5, 0.6) is 5.75 Å². The zero-order chi connectivity index (χ0) is 20.1. The summed E-state index contributed by atoms with van der Waals surface area (Å²) in [5, 5.41) is 6.17. The van der Waals surface area contributed by atoms with Crippen LogP contribution in [0.4, 0.5) is 5.13 Å². The first-order chi connectivity index (χ1) is 13.5. The van der Waals surface area contributed by atoms with E-state index in [0.29, 0.717) is 23.1 Å². The molecule has 0 aliphatic heterocycles. The third-order valence-corrected chi connectivity index (χ3v) is 5.14. The molecule has 2 N–H and O–H groups in total. The highest BCUT2D eigenvalue weighted by Gasteiger charge is 2.25. The predicted molar refractivity (Wildman–Crippen MR) is 112 cm³/mol. The summed E-state index contributed by atoms with van der Waals surface area (Å²) in [4.78, 5) is 29.8. The minimum absolute atomic E-state index is 0.0824. The monoisotopic (exact) mass is 397 g/mol. The summed E-state index contributed by atoms with van der Waals surface area (Å²) in [7, 11) is 0. The molecule has 3 rings (SSSR count).